The standard InChI is InChI=1S/C15H19N3O/c1-15(2,7-4-8-16)11-18-13-6-5-12(10-17)9-14(13)19-3/h5-6,9,18H,4,7,11H2,1-3H3. The van der Waals surface area contributed by atoms with E-state index in [1.807, 2.05) is 6.07 Å². The van der Waals surface area contributed by atoms with Gasteiger partial charge < -0.3 is 10.1 Å². The molecule has 0 aliphatic heterocycles. The lowest BCUT2D eigenvalue weighted by molar-refractivity contribution is 0.362. The predicted octanol–water partition coefficient (Wildman–Crippen LogP) is 3.31. The number of anilines is 1. The normalized spacial score (nSPS) is 10.4. The maximum absolute atomic E-state index is 8.85. The molecule has 0 aliphatic rings. The Kier molecular flexibility index (Phi) is 5.21. The van der Waals surface area contributed by atoms with Crippen molar-refractivity contribution in [1.29, 1.82) is 10.5 Å². The number of methoxy groups -OCH3 is 1. The summed E-state index contributed by atoms with van der Waals surface area (Å²) in [6, 6.07) is 9.57. The first-order chi connectivity index (χ1) is 9.02. The summed E-state index contributed by atoms with van der Waals surface area (Å²) < 4.78 is 5.27. The van der Waals surface area contributed by atoms with Crippen LogP contribution < -0.4 is 10.1 Å². The first-order valence-corrected chi connectivity index (χ1v) is 6.21. The minimum atomic E-state index is 0.0364. The van der Waals surface area contributed by atoms with Crippen molar-refractivity contribution in [3.8, 4) is 17.9 Å². The molecule has 0 fully saturated rings. The monoisotopic (exact) mass is 257 g/mol. The van der Waals surface area contributed by atoms with Crippen molar-refractivity contribution in [2.24, 2.45) is 5.41 Å². The lowest BCUT2D eigenvalue weighted by Gasteiger charge is -2.25. The SMILES string of the molecule is COc1cc(C#N)ccc1NCC(C)(C)CCC#N. The van der Waals surface area contributed by atoms with Crippen molar-refractivity contribution in [1.82, 2.24) is 0 Å². The zero-order valence-electron chi connectivity index (χ0n) is 11.7. The molecule has 0 heterocycles. The summed E-state index contributed by atoms with van der Waals surface area (Å²) in [7, 11) is 1.59. The quantitative estimate of drug-likeness (QED) is 0.848. The van der Waals surface area contributed by atoms with Gasteiger partial charge in [0, 0.05) is 19.0 Å². The number of nitriles is 2. The van der Waals surface area contributed by atoms with E-state index in [-0.39, 0.29) is 5.41 Å². The van der Waals surface area contributed by atoms with Gasteiger partial charge in [-0.1, -0.05) is 13.8 Å². The molecule has 0 atom stereocenters. The Labute approximate surface area is 114 Å². The fourth-order valence-corrected chi connectivity index (χ4v) is 1.72. The molecule has 100 valence electrons. The average molecular weight is 257 g/mol. The maximum atomic E-state index is 8.85. The minimum Gasteiger partial charge on any atom is -0.495 e. The van der Waals surface area contributed by atoms with E-state index in [4.69, 9.17) is 15.3 Å². The average Bonchev–Trinajstić information content (AvgIpc) is 2.42. The van der Waals surface area contributed by atoms with Gasteiger partial charge in [-0.15, -0.1) is 0 Å². The second kappa shape index (κ2) is 6.66. The van der Waals surface area contributed by atoms with E-state index in [2.05, 4.69) is 31.3 Å². The second-order valence-corrected chi connectivity index (χ2v) is 5.20. The van der Waals surface area contributed by atoms with Crippen LogP contribution >= 0.6 is 0 Å². The molecule has 1 N–H and O–H groups in total. The lowest BCUT2D eigenvalue weighted by atomic mass is 9.88. The smallest absolute Gasteiger partial charge is 0.143 e. The predicted molar refractivity (Wildman–Crippen MR) is 74.8 cm³/mol. The highest BCUT2D eigenvalue weighted by molar-refractivity contribution is 5.59. The molecule has 0 aromatic heterocycles. The molecule has 1 aromatic rings. The Balaban J connectivity index is 2.73. The van der Waals surface area contributed by atoms with Crippen molar-refractivity contribution in [2.75, 3.05) is 19.0 Å². The number of ether oxygens (including phenoxy) is 1. The van der Waals surface area contributed by atoms with Crippen LogP contribution in [-0.2, 0) is 0 Å². The second-order valence-electron chi connectivity index (χ2n) is 5.20. The lowest BCUT2D eigenvalue weighted by Crippen LogP contribution is -2.23. The molecule has 0 radical (unpaired) electrons. The largest absolute Gasteiger partial charge is 0.495 e. The molecule has 1 rings (SSSR count). The summed E-state index contributed by atoms with van der Waals surface area (Å²) in [4.78, 5) is 0. The molecule has 0 saturated carbocycles. The molecule has 0 amide bonds. The summed E-state index contributed by atoms with van der Waals surface area (Å²) >= 11 is 0. The summed E-state index contributed by atoms with van der Waals surface area (Å²) in [5.74, 6) is 0.662. The van der Waals surface area contributed by atoms with Crippen LogP contribution in [-0.4, -0.2) is 13.7 Å². The molecule has 4 heteroatoms. The molecule has 19 heavy (non-hydrogen) atoms. The highest BCUT2D eigenvalue weighted by Gasteiger charge is 2.17. The number of benzene rings is 1. The molecule has 0 saturated heterocycles. The van der Waals surface area contributed by atoms with E-state index < -0.39 is 0 Å². The van der Waals surface area contributed by atoms with Crippen LogP contribution in [0.15, 0.2) is 18.2 Å². The highest BCUT2D eigenvalue weighted by atomic mass is 16.5. The summed E-state index contributed by atoms with van der Waals surface area (Å²) in [5.41, 5.74) is 1.48. The molecular weight excluding hydrogens is 238 g/mol. The Morgan fingerprint density at radius 1 is 1.32 bits per heavy atom. The van der Waals surface area contributed by atoms with E-state index in [1.165, 1.54) is 0 Å². The zero-order chi connectivity index (χ0) is 14.3. The molecule has 1 aromatic carbocycles. The van der Waals surface area contributed by atoms with Crippen LogP contribution in [0, 0.1) is 28.1 Å². The van der Waals surface area contributed by atoms with E-state index in [1.54, 1.807) is 19.2 Å². The number of nitrogens with zero attached hydrogens (tertiary/aromatic N) is 2. The summed E-state index contributed by atoms with van der Waals surface area (Å²) in [6.07, 6.45) is 1.40. The Morgan fingerprint density at radius 2 is 2.05 bits per heavy atom. The van der Waals surface area contributed by atoms with E-state index in [0.29, 0.717) is 17.7 Å². The fraction of sp³-hybridized carbons (Fsp3) is 0.467. The van der Waals surface area contributed by atoms with Gasteiger partial charge in [-0.05, 0) is 24.0 Å². The fourth-order valence-electron chi connectivity index (χ4n) is 1.72. The van der Waals surface area contributed by atoms with Gasteiger partial charge in [0.15, 0.2) is 0 Å². The highest BCUT2D eigenvalue weighted by Crippen LogP contribution is 2.28. The van der Waals surface area contributed by atoms with Gasteiger partial charge in [0.2, 0.25) is 0 Å². The topological polar surface area (TPSA) is 68.8 Å². The van der Waals surface area contributed by atoms with Crippen LogP contribution in [0.4, 0.5) is 5.69 Å². The van der Waals surface area contributed by atoms with Gasteiger partial charge in [-0.25, -0.2) is 0 Å². The number of nitrogens with one attached hydrogen (secondary N) is 1. The van der Waals surface area contributed by atoms with Crippen molar-refractivity contribution >= 4 is 5.69 Å². The van der Waals surface area contributed by atoms with Gasteiger partial charge in [-0.3, -0.25) is 0 Å². The Bertz CT molecular complexity index is 509. The third-order valence-electron chi connectivity index (χ3n) is 3.00. The van der Waals surface area contributed by atoms with Gasteiger partial charge in [0.05, 0.1) is 30.5 Å². The van der Waals surface area contributed by atoms with Crippen LogP contribution in [0.3, 0.4) is 0 Å². The molecule has 0 unspecified atom stereocenters. The van der Waals surface area contributed by atoms with Gasteiger partial charge in [0.1, 0.15) is 5.75 Å². The van der Waals surface area contributed by atoms with Gasteiger partial charge >= 0.3 is 0 Å². The van der Waals surface area contributed by atoms with Crippen LogP contribution in [0.1, 0.15) is 32.3 Å². The third kappa shape index (κ3) is 4.52. The number of rotatable bonds is 6. The van der Waals surface area contributed by atoms with Crippen LogP contribution in [0.2, 0.25) is 0 Å². The van der Waals surface area contributed by atoms with Gasteiger partial charge in [-0.2, -0.15) is 10.5 Å². The van der Waals surface area contributed by atoms with Crippen molar-refractivity contribution < 1.29 is 4.74 Å². The Hall–Kier alpha value is -2.20. The molecule has 0 bridgehead atoms. The van der Waals surface area contributed by atoms with E-state index >= 15 is 0 Å². The minimum absolute atomic E-state index is 0.0364. The molecule has 4 nitrogen and oxygen atoms in total. The van der Waals surface area contributed by atoms with E-state index in [9.17, 15) is 0 Å². The molecule has 0 spiro atoms. The van der Waals surface area contributed by atoms with Crippen molar-refractivity contribution in [3.63, 3.8) is 0 Å². The van der Waals surface area contributed by atoms with E-state index in [0.717, 1.165) is 18.7 Å². The molecule has 0 aliphatic carbocycles. The number of hydrogen-bond acceptors (Lipinski definition) is 4. The molecular formula is C15H19N3O. The summed E-state index contributed by atoms with van der Waals surface area (Å²) in [5, 5.41) is 20.8. The first-order valence-electron chi connectivity index (χ1n) is 6.21. The third-order valence-corrected chi connectivity index (χ3v) is 3.00. The van der Waals surface area contributed by atoms with Crippen LogP contribution in [0.25, 0.3) is 0 Å². The zero-order valence-corrected chi connectivity index (χ0v) is 11.7. The first kappa shape index (κ1) is 14.9. The Morgan fingerprint density at radius 3 is 2.63 bits per heavy atom. The summed E-state index contributed by atoms with van der Waals surface area (Å²) in [6.45, 7) is 4.98. The van der Waals surface area contributed by atoms with Gasteiger partial charge in [0.25, 0.3) is 0 Å². The number of hydrogen-bond donors (Lipinski definition) is 1. The maximum Gasteiger partial charge on any atom is 0.143 e. The van der Waals surface area contributed by atoms with Crippen LogP contribution in [0.5, 0.6) is 5.75 Å². The van der Waals surface area contributed by atoms with Crippen molar-refractivity contribution in [3.05, 3.63) is 23.8 Å². The van der Waals surface area contributed by atoms with Crippen molar-refractivity contribution in [2.45, 2.75) is 26.7 Å².